The van der Waals surface area contributed by atoms with E-state index < -0.39 is 0 Å². The van der Waals surface area contributed by atoms with Gasteiger partial charge >= 0.3 is 0 Å². The van der Waals surface area contributed by atoms with E-state index in [1.54, 1.807) is 41.4 Å². The number of benzene rings is 1. The Morgan fingerprint density at radius 1 is 1.40 bits per heavy atom. The number of ether oxygens (including phenoxy) is 1. The third kappa shape index (κ3) is 5.02. The number of carbonyl (C=O) groups excluding carboxylic acids is 1. The van der Waals surface area contributed by atoms with Crippen molar-refractivity contribution in [2.75, 3.05) is 5.32 Å². The number of anilines is 1. The number of aromatic nitrogens is 3. The summed E-state index contributed by atoms with van der Waals surface area (Å²) in [6.45, 7) is 2.40. The van der Waals surface area contributed by atoms with Crippen molar-refractivity contribution in [3.8, 4) is 5.75 Å². The van der Waals surface area contributed by atoms with Crippen LogP contribution in [0.2, 0.25) is 0 Å². The van der Waals surface area contributed by atoms with E-state index in [0.717, 1.165) is 22.0 Å². The van der Waals surface area contributed by atoms with Crippen molar-refractivity contribution in [2.24, 2.45) is 7.05 Å². The van der Waals surface area contributed by atoms with Crippen molar-refractivity contribution in [1.82, 2.24) is 14.8 Å². The summed E-state index contributed by atoms with van der Waals surface area (Å²) in [5.41, 5.74) is 1.79. The van der Waals surface area contributed by atoms with Crippen molar-refractivity contribution < 1.29 is 9.53 Å². The standard InChI is InChI=1S/C18H18N4O2S/c1-13-19-15(12-25-13)11-24-16-5-3-4-14(10-16)6-7-18(23)20-17-8-9-22(2)21-17/h3-10,12H,11H2,1-2H3,(H,20,21,23). The maximum atomic E-state index is 11.9. The summed E-state index contributed by atoms with van der Waals surface area (Å²) < 4.78 is 7.38. The van der Waals surface area contributed by atoms with Gasteiger partial charge in [0, 0.05) is 30.8 Å². The van der Waals surface area contributed by atoms with Crippen LogP contribution in [0.5, 0.6) is 5.75 Å². The Morgan fingerprint density at radius 2 is 2.28 bits per heavy atom. The first kappa shape index (κ1) is 16.9. The van der Waals surface area contributed by atoms with Gasteiger partial charge in [0.2, 0.25) is 5.91 Å². The molecule has 0 bridgehead atoms. The molecule has 0 aliphatic rings. The molecule has 0 atom stereocenters. The number of nitrogens with zero attached hydrogens (tertiary/aromatic N) is 3. The Morgan fingerprint density at radius 3 is 3.00 bits per heavy atom. The Labute approximate surface area is 149 Å². The van der Waals surface area contributed by atoms with Gasteiger partial charge in [0.25, 0.3) is 0 Å². The summed E-state index contributed by atoms with van der Waals surface area (Å²) in [7, 11) is 1.80. The van der Waals surface area contributed by atoms with Crippen molar-refractivity contribution in [2.45, 2.75) is 13.5 Å². The summed E-state index contributed by atoms with van der Waals surface area (Å²) in [4.78, 5) is 16.3. The van der Waals surface area contributed by atoms with E-state index in [2.05, 4.69) is 15.4 Å². The summed E-state index contributed by atoms with van der Waals surface area (Å²) >= 11 is 1.60. The first-order chi connectivity index (χ1) is 12.1. The molecule has 0 aliphatic carbocycles. The first-order valence-electron chi connectivity index (χ1n) is 7.71. The van der Waals surface area contributed by atoms with Crippen LogP contribution in [0.1, 0.15) is 16.3 Å². The second-order valence-electron chi connectivity index (χ2n) is 5.42. The summed E-state index contributed by atoms with van der Waals surface area (Å²) in [5, 5.41) is 9.81. The Balaban J connectivity index is 1.57. The fraction of sp³-hybridized carbons (Fsp3) is 0.167. The van der Waals surface area contributed by atoms with Crippen molar-refractivity contribution in [3.63, 3.8) is 0 Å². The molecule has 128 valence electrons. The number of nitrogens with one attached hydrogen (secondary N) is 1. The van der Waals surface area contributed by atoms with Crippen molar-refractivity contribution >= 4 is 29.1 Å². The van der Waals surface area contributed by atoms with Crippen LogP contribution in [0.15, 0.2) is 48.0 Å². The van der Waals surface area contributed by atoms with E-state index in [1.165, 1.54) is 6.08 Å². The van der Waals surface area contributed by atoms with Gasteiger partial charge in [0.1, 0.15) is 12.4 Å². The van der Waals surface area contributed by atoms with Gasteiger partial charge in [-0.1, -0.05) is 12.1 Å². The van der Waals surface area contributed by atoms with E-state index in [1.807, 2.05) is 36.6 Å². The molecule has 0 radical (unpaired) electrons. The van der Waals surface area contributed by atoms with Crippen LogP contribution in [-0.2, 0) is 18.4 Å². The molecule has 0 saturated carbocycles. The molecule has 3 rings (SSSR count). The average molecular weight is 354 g/mol. The smallest absolute Gasteiger partial charge is 0.249 e. The van der Waals surface area contributed by atoms with Gasteiger partial charge in [0.05, 0.1) is 10.7 Å². The maximum absolute atomic E-state index is 11.9. The van der Waals surface area contributed by atoms with E-state index in [4.69, 9.17) is 4.74 Å². The van der Waals surface area contributed by atoms with E-state index >= 15 is 0 Å². The minimum atomic E-state index is -0.233. The zero-order valence-corrected chi connectivity index (χ0v) is 14.8. The highest BCUT2D eigenvalue weighted by Crippen LogP contribution is 2.17. The molecule has 7 heteroatoms. The predicted octanol–water partition coefficient (Wildman–Crippen LogP) is 3.42. The van der Waals surface area contributed by atoms with Gasteiger partial charge in [-0.2, -0.15) is 5.10 Å². The quantitative estimate of drug-likeness (QED) is 0.689. The molecule has 0 unspecified atom stereocenters. The zero-order valence-electron chi connectivity index (χ0n) is 14.0. The highest BCUT2D eigenvalue weighted by molar-refractivity contribution is 7.09. The molecule has 1 N–H and O–H groups in total. The fourth-order valence-corrected chi connectivity index (χ4v) is 2.76. The second kappa shape index (κ2) is 7.76. The van der Waals surface area contributed by atoms with Crippen molar-refractivity contribution in [1.29, 1.82) is 0 Å². The summed E-state index contributed by atoms with van der Waals surface area (Å²) in [6, 6.07) is 9.29. The van der Waals surface area contributed by atoms with Gasteiger partial charge in [-0.15, -0.1) is 11.3 Å². The Kier molecular flexibility index (Phi) is 5.25. The van der Waals surface area contributed by atoms with Crippen molar-refractivity contribution in [3.05, 3.63) is 64.2 Å². The topological polar surface area (TPSA) is 69.0 Å². The molecule has 6 nitrogen and oxygen atoms in total. The summed E-state index contributed by atoms with van der Waals surface area (Å²) in [5.74, 6) is 1.02. The monoisotopic (exact) mass is 354 g/mol. The van der Waals surface area contributed by atoms with E-state index in [-0.39, 0.29) is 5.91 Å². The molecule has 2 aromatic heterocycles. The van der Waals surface area contributed by atoms with Crippen LogP contribution in [0, 0.1) is 6.92 Å². The third-order valence-electron chi connectivity index (χ3n) is 3.30. The molecule has 25 heavy (non-hydrogen) atoms. The Hall–Kier alpha value is -2.93. The number of carbonyl (C=O) groups is 1. The highest BCUT2D eigenvalue weighted by atomic mass is 32.1. The van der Waals surface area contributed by atoms with Crippen LogP contribution in [0.25, 0.3) is 6.08 Å². The lowest BCUT2D eigenvalue weighted by Crippen LogP contribution is -2.08. The average Bonchev–Trinajstić information content (AvgIpc) is 3.19. The number of aryl methyl sites for hydroxylation is 2. The van der Waals surface area contributed by atoms with Gasteiger partial charge in [0.15, 0.2) is 5.82 Å². The molecule has 0 saturated heterocycles. The van der Waals surface area contributed by atoms with Crippen LogP contribution in [0.3, 0.4) is 0 Å². The minimum absolute atomic E-state index is 0.233. The predicted molar refractivity (Wildman–Crippen MR) is 98.5 cm³/mol. The molecule has 3 aromatic rings. The summed E-state index contributed by atoms with van der Waals surface area (Å²) in [6.07, 6.45) is 4.97. The molecular weight excluding hydrogens is 336 g/mol. The van der Waals surface area contributed by atoms with Crippen LogP contribution < -0.4 is 10.1 Å². The lowest BCUT2D eigenvalue weighted by molar-refractivity contribution is -0.111. The van der Waals surface area contributed by atoms with Crippen LogP contribution in [0.4, 0.5) is 5.82 Å². The number of rotatable bonds is 6. The zero-order chi connectivity index (χ0) is 17.6. The van der Waals surface area contributed by atoms with Crippen LogP contribution >= 0.6 is 11.3 Å². The highest BCUT2D eigenvalue weighted by Gasteiger charge is 2.02. The number of thiazole rings is 1. The maximum Gasteiger partial charge on any atom is 0.249 e. The molecule has 2 heterocycles. The molecule has 1 aromatic carbocycles. The lowest BCUT2D eigenvalue weighted by Gasteiger charge is -2.05. The molecule has 0 spiro atoms. The minimum Gasteiger partial charge on any atom is -0.487 e. The largest absolute Gasteiger partial charge is 0.487 e. The van der Waals surface area contributed by atoms with E-state index in [9.17, 15) is 4.79 Å². The molecule has 1 amide bonds. The number of hydrogen-bond acceptors (Lipinski definition) is 5. The fourth-order valence-electron chi connectivity index (χ4n) is 2.16. The van der Waals surface area contributed by atoms with Gasteiger partial charge in [-0.05, 0) is 30.7 Å². The van der Waals surface area contributed by atoms with E-state index in [0.29, 0.717) is 12.4 Å². The molecular formula is C18H18N4O2S. The molecule has 0 aliphatic heterocycles. The van der Waals surface area contributed by atoms with Gasteiger partial charge < -0.3 is 10.1 Å². The lowest BCUT2D eigenvalue weighted by atomic mass is 10.2. The normalized spacial score (nSPS) is 11.0. The Bertz CT molecular complexity index is 898. The second-order valence-corrected chi connectivity index (χ2v) is 6.48. The number of hydrogen-bond donors (Lipinski definition) is 1. The van der Waals surface area contributed by atoms with Gasteiger partial charge in [-0.3, -0.25) is 9.48 Å². The molecule has 0 fully saturated rings. The SMILES string of the molecule is Cc1nc(COc2cccc(C=CC(=O)Nc3ccn(C)n3)c2)cs1. The van der Waals surface area contributed by atoms with Gasteiger partial charge in [-0.25, -0.2) is 4.98 Å². The number of amides is 1. The van der Waals surface area contributed by atoms with Crippen LogP contribution in [-0.4, -0.2) is 20.7 Å². The third-order valence-corrected chi connectivity index (χ3v) is 4.13. The first-order valence-corrected chi connectivity index (χ1v) is 8.59.